The van der Waals surface area contributed by atoms with Crippen LogP contribution < -0.4 is 16.6 Å². The number of H-pyrrole nitrogens is 1. The molecule has 2 aliphatic rings. The molecule has 0 aromatic carbocycles. The molecule has 4 rings (SSSR count). The summed E-state index contributed by atoms with van der Waals surface area (Å²) in [6.45, 7) is 3.93. The molecule has 28 heavy (non-hydrogen) atoms. The van der Waals surface area contributed by atoms with E-state index in [0.29, 0.717) is 5.56 Å². The number of furan rings is 1. The summed E-state index contributed by atoms with van der Waals surface area (Å²) in [5, 5.41) is 2.79. The highest BCUT2D eigenvalue weighted by atomic mass is 16.8. The van der Waals surface area contributed by atoms with E-state index in [9.17, 15) is 14.4 Å². The Morgan fingerprint density at radius 2 is 2.07 bits per heavy atom. The first kappa shape index (κ1) is 18.7. The topological polar surface area (TPSA) is 125 Å². The van der Waals surface area contributed by atoms with Crippen molar-refractivity contribution in [2.45, 2.75) is 44.0 Å². The number of ether oxygens (including phenoxy) is 3. The normalized spacial score (nSPS) is 28.6. The lowest BCUT2D eigenvalue weighted by atomic mass is 9.97. The van der Waals surface area contributed by atoms with E-state index in [1.54, 1.807) is 19.9 Å². The third-order valence-electron chi connectivity index (χ3n) is 4.85. The number of nitrogens with one attached hydrogen (secondary N) is 2. The van der Waals surface area contributed by atoms with Gasteiger partial charge in [-0.2, -0.15) is 0 Å². The number of hydrogen-bond acceptors (Lipinski definition) is 7. The molecule has 10 heteroatoms. The molecule has 0 saturated carbocycles. The first-order valence-electron chi connectivity index (χ1n) is 8.93. The SMILES string of the molecule is CC1(C)O[C@@H]2[C@H](O1)[C@@H](CNC(=O)c1ccoc1)OC[C@H]2n1ccc(=O)[nH]c1=O. The van der Waals surface area contributed by atoms with E-state index in [0.717, 1.165) is 0 Å². The van der Waals surface area contributed by atoms with Crippen LogP contribution in [0.15, 0.2) is 44.9 Å². The number of amides is 1. The van der Waals surface area contributed by atoms with Gasteiger partial charge < -0.3 is 23.9 Å². The van der Waals surface area contributed by atoms with Crippen LogP contribution in [-0.4, -0.2) is 52.7 Å². The van der Waals surface area contributed by atoms with Crippen LogP contribution >= 0.6 is 0 Å². The minimum Gasteiger partial charge on any atom is -0.472 e. The summed E-state index contributed by atoms with van der Waals surface area (Å²) in [5.74, 6) is -1.16. The van der Waals surface area contributed by atoms with Crippen LogP contribution in [0.5, 0.6) is 0 Å². The number of carbonyl (C=O) groups is 1. The molecule has 2 saturated heterocycles. The van der Waals surface area contributed by atoms with E-state index in [-0.39, 0.29) is 19.1 Å². The van der Waals surface area contributed by atoms with Gasteiger partial charge in [-0.3, -0.25) is 19.1 Å². The fraction of sp³-hybridized carbons (Fsp3) is 0.500. The molecule has 0 bridgehead atoms. The van der Waals surface area contributed by atoms with Gasteiger partial charge in [0.05, 0.1) is 24.5 Å². The Bertz CT molecular complexity index is 962. The van der Waals surface area contributed by atoms with Gasteiger partial charge in [-0.05, 0) is 19.9 Å². The van der Waals surface area contributed by atoms with Crippen LogP contribution in [0.2, 0.25) is 0 Å². The molecule has 0 unspecified atom stereocenters. The fourth-order valence-electron chi connectivity index (χ4n) is 3.61. The zero-order valence-electron chi connectivity index (χ0n) is 15.4. The average Bonchev–Trinajstić information content (AvgIpc) is 3.27. The molecule has 0 spiro atoms. The molecule has 2 N–H and O–H groups in total. The Morgan fingerprint density at radius 1 is 1.29 bits per heavy atom. The summed E-state index contributed by atoms with van der Waals surface area (Å²) >= 11 is 0. The van der Waals surface area contributed by atoms with E-state index in [1.807, 2.05) is 0 Å². The Kier molecular flexibility index (Phi) is 4.69. The Hall–Kier alpha value is -2.69. The van der Waals surface area contributed by atoms with Crippen LogP contribution in [0.3, 0.4) is 0 Å². The monoisotopic (exact) mass is 391 g/mol. The van der Waals surface area contributed by atoms with Crippen molar-refractivity contribution in [2.75, 3.05) is 13.2 Å². The maximum Gasteiger partial charge on any atom is 0.328 e. The number of fused-ring (bicyclic) bond motifs is 1. The number of aromatic nitrogens is 2. The van der Waals surface area contributed by atoms with Gasteiger partial charge in [0.15, 0.2) is 5.79 Å². The first-order chi connectivity index (χ1) is 13.3. The smallest absolute Gasteiger partial charge is 0.328 e. The highest BCUT2D eigenvalue weighted by Gasteiger charge is 2.52. The highest BCUT2D eigenvalue weighted by Crippen LogP contribution is 2.39. The van der Waals surface area contributed by atoms with E-state index in [1.165, 1.54) is 29.4 Å². The maximum absolute atomic E-state index is 12.2. The molecular weight excluding hydrogens is 370 g/mol. The van der Waals surface area contributed by atoms with Gasteiger partial charge in [-0.15, -0.1) is 0 Å². The third-order valence-corrected chi connectivity index (χ3v) is 4.85. The van der Waals surface area contributed by atoms with E-state index in [2.05, 4.69) is 10.3 Å². The van der Waals surface area contributed by atoms with Crippen molar-refractivity contribution in [2.24, 2.45) is 0 Å². The third kappa shape index (κ3) is 3.53. The first-order valence-corrected chi connectivity index (χ1v) is 8.93. The highest BCUT2D eigenvalue weighted by molar-refractivity contribution is 5.93. The lowest BCUT2D eigenvalue weighted by Crippen LogP contribution is -2.54. The van der Waals surface area contributed by atoms with Gasteiger partial charge in [-0.1, -0.05) is 0 Å². The van der Waals surface area contributed by atoms with Crippen molar-refractivity contribution in [1.82, 2.24) is 14.9 Å². The largest absolute Gasteiger partial charge is 0.472 e. The van der Waals surface area contributed by atoms with Gasteiger partial charge in [-0.25, -0.2) is 4.79 Å². The summed E-state index contributed by atoms with van der Waals surface area (Å²) in [4.78, 5) is 37.9. The van der Waals surface area contributed by atoms with Gasteiger partial charge >= 0.3 is 5.69 Å². The molecule has 2 fully saturated rings. The summed E-state index contributed by atoms with van der Waals surface area (Å²) in [5.41, 5.74) is -0.605. The molecule has 1 amide bonds. The molecule has 0 radical (unpaired) electrons. The van der Waals surface area contributed by atoms with E-state index in [4.69, 9.17) is 18.6 Å². The fourth-order valence-corrected chi connectivity index (χ4v) is 3.61. The van der Waals surface area contributed by atoms with E-state index < -0.39 is 41.4 Å². The molecule has 2 aliphatic heterocycles. The van der Waals surface area contributed by atoms with Gasteiger partial charge in [0.1, 0.15) is 24.6 Å². The second-order valence-electron chi connectivity index (χ2n) is 7.24. The van der Waals surface area contributed by atoms with Gasteiger partial charge in [0.25, 0.3) is 11.5 Å². The zero-order chi connectivity index (χ0) is 19.9. The number of hydrogen-bond donors (Lipinski definition) is 2. The number of aromatic amines is 1. The number of rotatable bonds is 4. The van der Waals surface area contributed by atoms with Crippen molar-refractivity contribution in [1.29, 1.82) is 0 Å². The van der Waals surface area contributed by atoms with Gasteiger partial charge in [0, 0.05) is 18.8 Å². The minimum absolute atomic E-state index is 0.165. The van der Waals surface area contributed by atoms with Crippen molar-refractivity contribution in [3.8, 4) is 0 Å². The van der Waals surface area contributed by atoms with Crippen LogP contribution in [0.25, 0.3) is 0 Å². The number of carbonyl (C=O) groups excluding carboxylic acids is 1. The Morgan fingerprint density at radius 3 is 2.79 bits per heavy atom. The second-order valence-corrected chi connectivity index (χ2v) is 7.24. The molecule has 2 aromatic heterocycles. The van der Waals surface area contributed by atoms with Crippen LogP contribution in [0.1, 0.15) is 30.2 Å². The lowest BCUT2D eigenvalue weighted by Gasteiger charge is -2.37. The Labute approximate surface area is 159 Å². The van der Waals surface area contributed by atoms with Crippen molar-refractivity contribution < 1.29 is 23.4 Å². The second kappa shape index (κ2) is 7.04. The van der Waals surface area contributed by atoms with Crippen molar-refractivity contribution in [3.63, 3.8) is 0 Å². The van der Waals surface area contributed by atoms with E-state index >= 15 is 0 Å². The summed E-state index contributed by atoms with van der Waals surface area (Å²) in [6, 6.07) is 2.36. The average molecular weight is 391 g/mol. The molecule has 4 atom stereocenters. The summed E-state index contributed by atoms with van der Waals surface area (Å²) < 4.78 is 24.2. The standard InChI is InChI=1S/C18H21N3O7/c1-18(2)27-14-11(21-5-3-13(22)20-17(21)24)9-26-12(15(14)28-18)7-19-16(23)10-4-6-25-8-10/h3-6,8,11-12,14-15H,7,9H2,1-2H3,(H,19,23)(H,20,22,24)/t11-,12-,14+,15-/m1/s1. The molecule has 0 aliphatic carbocycles. The summed E-state index contributed by atoms with van der Waals surface area (Å²) in [6.07, 6.45) is 2.75. The summed E-state index contributed by atoms with van der Waals surface area (Å²) in [7, 11) is 0. The van der Waals surface area contributed by atoms with Crippen molar-refractivity contribution in [3.05, 3.63) is 57.3 Å². The molecule has 2 aromatic rings. The van der Waals surface area contributed by atoms with Gasteiger partial charge in [0.2, 0.25) is 0 Å². The molecule has 10 nitrogen and oxygen atoms in total. The van der Waals surface area contributed by atoms with Crippen LogP contribution in [-0.2, 0) is 14.2 Å². The number of nitrogens with zero attached hydrogens (tertiary/aromatic N) is 1. The van der Waals surface area contributed by atoms with Crippen LogP contribution in [0.4, 0.5) is 0 Å². The minimum atomic E-state index is -0.875. The van der Waals surface area contributed by atoms with Crippen molar-refractivity contribution >= 4 is 5.91 Å². The molecule has 150 valence electrons. The Balaban J connectivity index is 1.53. The quantitative estimate of drug-likeness (QED) is 0.753. The maximum atomic E-state index is 12.2. The zero-order valence-corrected chi connectivity index (χ0v) is 15.4. The predicted octanol–water partition coefficient (Wildman–Crippen LogP) is 0.0196. The van der Waals surface area contributed by atoms with Crippen LogP contribution in [0, 0.1) is 0 Å². The predicted molar refractivity (Wildman–Crippen MR) is 95.0 cm³/mol. The lowest BCUT2D eigenvalue weighted by molar-refractivity contribution is -0.153. The molecular formula is C18H21N3O7. The molecule has 4 heterocycles.